The van der Waals surface area contributed by atoms with Crippen molar-refractivity contribution in [2.75, 3.05) is 0 Å². The third kappa shape index (κ3) is 3.60. The van der Waals surface area contributed by atoms with Crippen molar-refractivity contribution >= 4 is 0 Å². The number of rotatable bonds is 2. The Morgan fingerprint density at radius 2 is 1.32 bits per heavy atom. The van der Waals surface area contributed by atoms with E-state index in [1.54, 1.807) is 0 Å². The van der Waals surface area contributed by atoms with Gasteiger partial charge >= 0.3 is 0 Å². The van der Waals surface area contributed by atoms with Crippen molar-refractivity contribution in [3.63, 3.8) is 0 Å². The molecular formula is C18H31N. The van der Waals surface area contributed by atoms with Crippen LogP contribution in [0, 0.1) is 5.41 Å². The molecule has 0 aromatic heterocycles. The molecule has 1 heterocycles. The molecule has 0 saturated carbocycles. The van der Waals surface area contributed by atoms with Gasteiger partial charge in [-0.15, -0.1) is 0 Å². The Morgan fingerprint density at radius 1 is 0.842 bits per heavy atom. The Morgan fingerprint density at radius 3 is 1.79 bits per heavy atom. The van der Waals surface area contributed by atoms with Crippen LogP contribution in [-0.2, 0) is 0 Å². The maximum Gasteiger partial charge on any atom is 0.0384 e. The van der Waals surface area contributed by atoms with Gasteiger partial charge in [-0.25, -0.2) is 0 Å². The first kappa shape index (κ1) is 16.2. The minimum atomic E-state index is -0.0153. The summed E-state index contributed by atoms with van der Waals surface area (Å²) in [5.41, 5.74) is 3.15. The monoisotopic (exact) mass is 261 g/mol. The minimum Gasteiger partial charge on any atom is -0.303 e. The average Bonchev–Trinajstić information content (AvgIpc) is 2.22. The molecule has 0 aromatic rings. The van der Waals surface area contributed by atoms with E-state index in [1.165, 1.54) is 11.1 Å². The molecule has 0 bridgehead atoms. The Labute approximate surface area is 119 Å². The predicted molar refractivity (Wildman–Crippen MR) is 86.3 cm³/mol. The summed E-state index contributed by atoms with van der Waals surface area (Å²) in [4.78, 5) is 0. The minimum absolute atomic E-state index is 0.0153. The molecule has 1 aliphatic heterocycles. The summed E-state index contributed by atoms with van der Waals surface area (Å²) in [6.07, 6.45) is 10.0. The number of allylic oxidation sites excluding steroid dienone is 4. The van der Waals surface area contributed by atoms with E-state index in [0.717, 1.165) is 6.42 Å². The van der Waals surface area contributed by atoms with E-state index in [-0.39, 0.29) is 16.5 Å². The maximum absolute atomic E-state index is 3.83. The lowest BCUT2D eigenvalue weighted by Crippen LogP contribution is -2.52. The van der Waals surface area contributed by atoms with Crippen LogP contribution in [0.3, 0.4) is 0 Å². The molecule has 0 radical (unpaired) electrons. The van der Waals surface area contributed by atoms with Gasteiger partial charge in [-0.1, -0.05) is 38.2 Å². The standard InChI is InChI=1S/C18H31N/c1-9-11-14-15(12-10-2)18(7,8)19-17(5,6)13-16(14,3)4/h9-12,19H,13H2,1-8H3/b11-9-,12-10-. The molecule has 1 N–H and O–H groups in total. The van der Waals surface area contributed by atoms with Gasteiger partial charge < -0.3 is 5.32 Å². The molecule has 0 saturated heterocycles. The lowest BCUT2D eigenvalue weighted by atomic mass is 9.73. The zero-order valence-electron chi connectivity index (χ0n) is 14.0. The van der Waals surface area contributed by atoms with Crippen LogP contribution in [0.15, 0.2) is 35.5 Å². The second-order valence-corrected chi connectivity index (χ2v) is 7.52. The first-order valence-corrected chi connectivity index (χ1v) is 7.36. The van der Waals surface area contributed by atoms with Crippen molar-refractivity contribution in [3.05, 3.63) is 35.5 Å². The topological polar surface area (TPSA) is 12.0 Å². The van der Waals surface area contributed by atoms with Crippen molar-refractivity contribution in [2.24, 2.45) is 5.41 Å². The molecule has 1 heteroatoms. The van der Waals surface area contributed by atoms with Crippen LogP contribution >= 0.6 is 0 Å². The van der Waals surface area contributed by atoms with E-state index in [0.29, 0.717) is 0 Å². The quantitative estimate of drug-likeness (QED) is 0.736. The van der Waals surface area contributed by atoms with E-state index < -0.39 is 0 Å². The molecule has 1 rings (SSSR count). The van der Waals surface area contributed by atoms with Gasteiger partial charge in [-0.2, -0.15) is 0 Å². The Kier molecular flexibility index (Phi) is 4.51. The molecular weight excluding hydrogens is 230 g/mol. The van der Waals surface area contributed by atoms with Crippen molar-refractivity contribution < 1.29 is 0 Å². The second-order valence-electron chi connectivity index (χ2n) is 7.52. The van der Waals surface area contributed by atoms with E-state index in [4.69, 9.17) is 0 Å². The summed E-state index contributed by atoms with van der Waals surface area (Å²) in [5.74, 6) is 0. The SMILES string of the molecule is C/C=C\C1=C(/C=C\C)C(C)(C)NC(C)(C)CC1(C)C. The lowest BCUT2D eigenvalue weighted by Gasteiger charge is -2.37. The fourth-order valence-electron chi connectivity index (χ4n) is 3.81. The summed E-state index contributed by atoms with van der Waals surface area (Å²) in [6, 6.07) is 0. The van der Waals surface area contributed by atoms with Crippen LogP contribution in [0.25, 0.3) is 0 Å². The van der Waals surface area contributed by atoms with Crippen LogP contribution in [0.1, 0.15) is 61.8 Å². The highest BCUT2D eigenvalue weighted by molar-refractivity contribution is 5.44. The third-order valence-electron chi connectivity index (χ3n) is 3.89. The smallest absolute Gasteiger partial charge is 0.0384 e. The molecule has 0 amide bonds. The zero-order valence-corrected chi connectivity index (χ0v) is 14.0. The zero-order chi connectivity index (χ0) is 14.9. The van der Waals surface area contributed by atoms with Crippen LogP contribution in [0.4, 0.5) is 0 Å². The summed E-state index contributed by atoms with van der Waals surface area (Å²) in [7, 11) is 0. The van der Waals surface area contributed by atoms with Gasteiger partial charge in [0.05, 0.1) is 0 Å². The first-order valence-electron chi connectivity index (χ1n) is 7.36. The Bertz CT molecular complexity index is 379. The van der Waals surface area contributed by atoms with Gasteiger partial charge in [-0.3, -0.25) is 0 Å². The number of hydrogen-bond acceptors (Lipinski definition) is 1. The van der Waals surface area contributed by atoms with Crippen LogP contribution in [-0.4, -0.2) is 11.1 Å². The molecule has 1 aliphatic rings. The van der Waals surface area contributed by atoms with Crippen LogP contribution < -0.4 is 5.32 Å². The molecule has 0 aromatic carbocycles. The fraction of sp³-hybridized carbons (Fsp3) is 0.667. The van der Waals surface area contributed by atoms with Crippen molar-refractivity contribution in [2.45, 2.75) is 72.9 Å². The van der Waals surface area contributed by atoms with Gasteiger partial charge in [0.2, 0.25) is 0 Å². The second kappa shape index (κ2) is 5.28. The molecule has 0 aliphatic carbocycles. The van der Waals surface area contributed by atoms with E-state index in [9.17, 15) is 0 Å². The van der Waals surface area contributed by atoms with Gasteiger partial charge in [0.25, 0.3) is 0 Å². The lowest BCUT2D eigenvalue weighted by molar-refractivity contribution is 0.239. The molecule has 108 valence electrons. The molecule has 0 spiro atoms. The van der Waals surface area contributed by atoms with Crippen LogP contribution in [0.5, 0.6) is 0 Å². The van der Waals surface area contributed by atoms with Crippen molar-refractivity contribution in [1.29, 1.82) is 0 Å². The van der Waals surface area contributed by atoms with Crippen molar-refractivity contribution in [1.82, 2.24) is 5.32 Å². The summed E-state index contributed by atoms with van der Waals surface area (Å²) < 4.78 is 0. The highest BCUT2D eigenvalue weighted by atomic mass is 15.0. The molecule has 0 unspecified atom stereocenters. The molecule has 19 heavy (non-hydrogen) atoms. The van der Waals surface area contributed by atoms with E-state index >= 15 is 0 Å². The van der Waals surface area contributed by atoms with Crippen LogP contribution in [0.2, 0.25) is 0 Å². The molecule has 0 fully saturated rings. The highest BCUT2D eigenvalue weighted by Gasteiger charge is 2.41. The fourth-order valence-corrected chi connectivity index (χ4v) is 3.81. The predicted octanol–water partition coefficient (Wildman–Crippen LogP) is 5.01. The van der Waals surface area contributed by atoms with E-state index in [1.807, 2.05) is 0 Å². The van der Waals surface area contributed by atoms with Gasteiger partial charge in [-0.05, 0) is 64.5 Å². The maximum atomic E-state index is 3.83. The normalized spacial score (nSPS) is 26.1. The third-order valence-corrected chi connectivity index (χ3v) is 3.89. The molecule has 0 atom stereocenters. The molecule has 1 nitrogen and oxygen atoms in total. The Hall–Kier alpha value is -0.820. The van der Waals surface area contributed by atoms with Gasteiger partial charge in [0.15, 0.2) is 0 Å². The Balaban J connectivity index is 3.56. The van der Waals surface area contributed by atoms with E-state index in [2.05, 4.69) is 85.0 Å². The first-order chi connectivity index (χ1) is 8.56. The van der Waals surface area contributed by atoms with Crippen molar-refractivity contribution in [3.8, 4) is 0 Å². The number of nitrogens with one attached hydrogen (secondary N) is 1. The van der Waals surface area contributed by atoms with Gasteiger partial charge in [0.1, 0.15) is 0 Å². The highest BCUT2D eigenvalue weighted by Crippen LogP contribution is 2.44. The summed E-state index contributed by atoms with van der Waals surface area (Å²) in [6.45, 7) is 18.1. The summed E-state index contributed by atoms with van der Waals surface area (Å²) >= 11 is 0. The number of hydrogen-bond donors (Lipinski definition) is 1. The largest absolute Gasteiger partial charge is 0.303 e. The average molecular weight is 261 g/mol. The van der Waals surface area contributed by atoms with Gasteiger partial charge in [0, 0.05) is 11.1 Å². The summed E-state index contributed by atoms with van der Waals surface area (Å²) in [5, 5.41) is 3.83.